The van der Waals surface area contributed by atoms with Crippen LogP contribution >= 0.6 is 12.6 Å². The monoisotopic (exact) mass is 419 g/mol. The number of rotatable bonds is 12. The van der Waals surface area contributed by atoms with Crippen molar-refractivity contribution in [3.05, 3.63) is 0 Å². The van der Waals surface area contributed by atoms with Gasteiger partial charge >= 0.3 is 5.97 Å². The standard InChI is InChI=1S/C16H29N5O6S/c1-7(2)12(21-14(24)9(17)4-5-11(18)22)15(25)19-8(3)13(23)20-10(6-28)16(26)27/h7-10,12,28H,4-6,17H2,1-3H3,(H2,18,22)(H,19,25)(H,20,23)(H,21,24)(H,26,27). The number of aliphatic carboxylic acids is 1. The van der Waals surface area contributed by atoms with Gasteiger partial charge in [0.1, 0.15) is 18.1 Å². The van der Waals surface area contributed by atoms with E-state index in [2.05, 4.69) is 28.6 Å². The first-order valence-electron chi connectivity index (χ1n) is 8.69. The number of hydrogen-bond donors (Lipinski definition) is 7. The maximum Gasteiger partial charge on any atom is 0.327 e. The molecule has 4 atom stereocenters. The minimum atomic E-state index is -1.25. The van der Waals surface area contributed by atoms with Crippen molar-refractivity contribution in [2.75, 3.05) is 5.75 Å². The van der Waals surface area contributed by atoms with Crippen molar-refractivity contribution in [3.8, 4) is 0 Å². The lowest BCUT2D eigenvalue weighted by Gasteiger charge is -2.25. The molecule has 0 aliphatic rings. The van der Waals surface area contributed by atoms with Crippen LogP contribution in [0.5, 0.6) is 0 Å². The number of carboxylic acids is 1. The van der Waals surface area contributed by atoms with E-state index in [1.807, 2.05) is 0 Å². The molecule has 8 N–H and O–H groups in total. The molecule has 11 nitrogen and oxygen atoms in total. The number of carbonyl (C=O) groups excluding carboxylic acids is 4. The van der Waals surface area contributed by atoms with Gasteiger partial charge in [0.2, 0.25) is 23.6 Å². The molecular formula is C16H29N5O6S. The van der Waals surface area contributed by atoms with E-state index < -0.39 is 53.8 Å². The fourth-order valence-corrected chi connectivity index (χ4v) is 2.32. The van der Waals surface area contributed by atoms with E-state index in [1.165, 1.54) is 6.92 Å². The summed E-state index contributed by atoms with van der Waals surface area (Å²) in [7, 11) is 0. The van der Waals surface area contributed by atoms with Gasteiger partial charge in [0.05, 0.1) is 6.04 Å². The minimum absolute atomic E-state index is 0.0344. The molecule has 0 saturated heterocycles. The molecule has 0 radical (unpaired) electrons. The summed E-state index contributed by atoms with van der Waals surface area (Å²) in [5.41, 5.74) is 10.7. The Bertz CT molecular complexity index is 600. The van der Waals surface area contributed by atoms with Crippen LogP contribution in [0.2, 0.25) is 0 Å². The fourth-order valence-electron chi connectivity index (χ4n) is 2.08. The van der Waals surface area contributed by atoms with Crippen molar-refractivity contribution in [2.45, 2.75) is 57.8 Å². The average Bonchev–Trinajstić information content (AvgIpc) is 2.60. The van der Waals surface area contributed by atoms with Crippen LogP contribution in [0, 0.1) is 5.92 Å². The minimum Gasteiger partial charge on any atom is -0.480 e. The molecule has 28 heavy (non-hydrogen) atoms. The molecule has 0 saturated carbocycles. The third-order valence-electron chi connectivity index (χ3n) is 3.83. The molecule has 4 amide bonds. The predicted octanol–water partition coefficient (Wildman–Crippen LogP) is -2.28. The van der Waals surface area contributed by atoms with Gasteiger partial charge in [-0.3, -0.25) is 19.2 Å². The van der Waals surface area contributed by atoms with Crippen molar-refractivity contribution < 1.29 is 29.1 Å². The largest absolute Gasteiger partial charge is 0.480 e. The van der Waals surface area contributed by atoms with E-state index in [1.54, 1.807) is 13.8 Å². The van der Waals surface area contributed by atoms with Crippen LogP contribution in [0.3, 0.4) is 0 Å². The van der Waals surface area contributed by atoms with E-state index in [9.17, 15) is 24.0 Å². The SMILES string of the molecule is CC(NC(=O)C(NC(=O)C(N)CCC(N)=O)C(C)C)C(=O)NC(CS)C(=O)O. The molecule has 0 rings (SSSR count). The van der Waals surface area contributed by atoms with Crippen LogP contribution in [0.25, 0.3) is 0 Å². The van der Waals surface area contributed by atoms with E-state index in [0.29, 0.717) is 0 Å². The van der Waals surface area contributed by atoms with Gasteiger partial charge in [0, 0.05) is 12.2 Å². The lowest BCUT2D eigenvalue weighted by atomic mass is 10.0. The van der Waals surface area contributed by atoms with Gasteiger partial charge in [-0.2, -0.15) is 12.6 Å². The van der Waals surface area contributed by atoms with Gasteiger partial charge in [0.25, 0.3) is 0 Å². The molecule has 0 heterocycles. The highest BCUT2D eigenvalue weighted by Gasteiger charge is 2.29. The Morgan fingerprint density at radius 1 is 0.964 bits per heavy atom. The summed E-state index contributed by atoms with van der Waals surface area (Å²) in [6, 6.07) is -4.24. The smallest absolute Gasteiger partial charge is 0.327 e. The second-order valence-electron chi connectivity index (χ2n) is 6.65. The molecule has 0 spiro atoms. The highest BCUT2D eigenvalue weighted by molar-refractivity contribution is 7.80. The summed E-state index contributed by atoms with van der Waals surface area (Å²) in [6.07, 6.45) is -0.0348. The Hall–Kier alpha value is -2.34. The van der Waals surface area contributed by atoms with Crippen LogP contribution < -0.4 is 27.4 Å². The van der Waals surface area contributed by atoms with Crippen LogP contribution in [0.4, 0.5) is 0 Å². The van der Waals surface area contributed by atoms with Crippen molar-refractivity contribution in [1.29, 1.82) is 0 Å². The topological polar surface area (TPSA) is 194 Å². The molecule has 0 fully saturated rings. The number of carboxylic acid groups (broad SMARTS) is 1. The van der Waals surface area contributed by atoms with Gasteiger partial charge in [-0.15, -0.1) is 0 Å². The van der Waals surface area contributed by atoms with Crippen molar-refractivity contribution in [2.24, 2.45) is 17.4 Å². The molecule has 4 unspecified atom stereocenters. The molecule has 12 heteroatoms. The Morgan fingerprint density at radius 2 is 1.54 bits per heavy atom. The number of amides is 4. The molecule has 0 bridgehead atoms. The molecule has 0 aromatic carbocycles. The third-order valence-corrected chi connectivity index (χ3v) is 4.20. The first kappa shape index (κ1) is 25.7. The van der Waals surface area contributed by atoms with Crippen LogP contribution in [0.15, 0.2) is 0 Å². The number of nitrogens with one attached hydrogen (secondary N) is 3. The molecule has 0 aliphatic carbocycles. The van der Waals surface area contributed by atoms with Gasteiger partial charge in [-0.1, -0.05) is 13.8 Å². The summed E-state index contributed by atoms with van der Waals surface area (Å²) >= 11 is 3.84. The highest BCUT2D eigenvalue weighted by Crippen LogP contribution is 2.04. The molecule has 160 valence electrons. The second kappa shape index (κ2) is 12.2. The first-order chi connectivity index (χ1) is 12.9. The zero-order valence-electron chi connectivity index (χ0n) is 16.1. The van der Waals surface area contributed by atoms with Gasteiger partial charge in [-0.25, -0.2) is 4.79 Å². The summed E-state index contributed by atoms with van der Waals surface area (Å²) in [4.78, 5) is 58.4. The van der Waals surface area contributed by atoms with E-state index >= 15 is 0 Å². The normalized spacial score (nSPS) is 15.1. The molecule has 0 aromatic rings. The van der Waals surface area contributed by atoms with Crippen molar-refractivity contribution >= 4 is 42.2 Å². The predicted molar refractivity (Wildman–Crippen MR) is 104 cm³/mol. The maximum absolute atomic E-state index is 12.5. The molecule has 0 aliphatic heterocycles. The summed E-state index contributed by atoms with van der Waals surface area (Å²) in [5.74, 6) is -4.26. The van der Waals surface area contributed by atoms with E-state index in [-0.39, 0.29) is 24.5 Å². The van der Waals surface area contributed by atoms with Gasteiger partial charge in [-0.05, 0) is 19.3 Å². The Kier molecular flexibility index (Phi) is 11.2. The first-order valence-corrected chi connectivity index (χ1v) is 9.32. The van der Waals surface area contributed by atoms with Crippen LogP contribution in [-0.4, -0.2) is 64.6 Å². The summed E-state index contributed by atoms with van der Waals surface area (Å²) in [5, 5.41) is 16.1. The Labute approximate surface area is 168 Å². The molecular weight excluding hydrogens is 390 g/mol. The van der Waals surface area contributed by atoms with Crippen LogP contribution in [0.1, 0.15) is 33.6 Å². The Morgan fingerprint density at radius 3 is 1.96 bits per heavy atom. The van der Waals surface area contributed by atoms with Crippen molar-refractivity contribution in [1.82, 2.24) is 16.0 Å². The maximum atomic E-state index is 12.5. The van der Waals surface area contributed by atoms with Crippen molar-refractivity contribution in [3.63, 3.8) is 0 Å². The number of nitrogens with two attached hydrogens (primary N) is 2. The Balaban J connectivity index is 4.89. The lowest BCUT2D eigenvalue weighted by Crippen LogP contribution is -2.57. The lowest BCUT2D eigenvalue weighted by molar-refractivity contribution is -0.141. The number of carbonyl (C=O) groups is 5. The summed E-state index contributed by atoms with van der Waals surface area (Å²) in [6.45, 7) is 4.75. The molecule has 0 aromatic heterocycles. The highest BCUT2D eigenvalue weighted by atomic mass is 32.1. The third kappa shape index (κ3) is 9.04. The summed E-state index contributed by atoms with van der Waals surface area (Å²) < 4.78 is 0. The number of primary amides is 1. The van der Waals surface area contributed by atoms with Gasteiger partial charge in [0.15, 0.2) is 0 Å². The van der Waals surface area contributed by atoms with E-state index in [4.69, 9.17) is 16.6 Å². The average molecular weight is 420 g/mol. The van der Waals surface area contributed by atoms with Gasteiger partial charge < -0.3 is 32.5 Å². The van der Waals surface area contributed by atoms with E-state index in [0.717, 1.165) is 0 Å². The quantitative estimate of drug-likeness (QED) is 0.173. The van der Waals surface area contributed by atoms with Crippen LogP contribution in [-0.2, 0) is 24.0 Å². The zero-order chi connectivity index (χ0) is 22.0. The zero-order valence-corrected chi connectivity index (χ0v) is 17.0. The fraction of sp³-hybridized carbons (Fsp3) is 0.688. The number of hydrogen-bond acceptors (Lipinski definition) is 7. The second-order valence-corrected chi connectivity index (χ2v) is 7.02. The number of thiol groups is 1.